The number of carbonyl (C=O) groups is 2. The zero-order valence-corrected chi connectivity index (χ0v) is 22.5. The number of fused-ring (bicyclic) bond motifs is 6. The van der Waals surface area contributed by atoms with Crippen molar-refractivity contribution in [3.8, 4) is 0 Å². The fourth-order valence-electron chi connectivity index (χ4n) is 8.57. The first-order chi connectivity index (χ1) is 16.4. The second-order valence-corrected chi connectivity index (χ2v) is 12.4. The van der Waals surface area contributed by atoms with Crippen LogP contribution in [0.5, 0.6) is 0 Å². The van der Waals surface area contributed by atoms with E-state index in [1.54, 1.807) is 19.1 Å². The number of hydrogen-bond donors (Lipinski definition) is 1. The number of ketones is 2. The summed E-state index contributed by atoms with van der Waals surface area (Å²) in [6.07, 6.45) is 6.28. The molecule has 0 amide bonds. The van der Waals surface area contributed by atoms with Crippen LogP contribution in [0.4, 0.5) is 4.39 Å². The monoisotopic (exact) mass is 554 g/mol. The van der Waals surface area contributed by atoms with Gasteiger partial charge in [-0.05, 0) is 63.0 Å². The number of aliphatic hydroxyl groups is 1. The molecule has 0 aromatic rings. The van der Waals surface area contributed by atoms with Crippen LogP contribution in [0, 0.1) is 28.6 Å². The van der Waals surface area contributed by atoms with Crippen LogP contribution in [0.3, 0.4) is 0 Å². The maximum atomic E-state index is 17.4. The molecule has 194 valence electrons. The van der Waals surface area contributed by atoms with Crippen molar-refractivity contribution in [2.45, 2.75) is 82.6 Å². The van der Waals surface area contributed by atoms with Crippen LogP contribution in [0.25, 0.3) is 0 Å². The van der Waals surface area contributed by atoms with E-state index in [2.05, 4.69) is 15.9 Å². The molecule has 6 nitrogen and oxygen atoms in total. The van der Waals surface area contributed by atoms with Crippen LogP contribution in [-0.2, 0) is 23.8 Å². The third-order valence-electron chi connectivity index (χ3n) is 10.3. The van der Waals surface area contributed by atoms with Crippen molar-refractivity contribution in [3.63, 3.8) is 0 Å². The second-order valence-electron chi connectivity index (χ2n) is 11.6. The van der Waals surface area contributed by atoms with Gasteiger partial charge >= 0.3 is 0 Å². The van der Waals surface area contributed by atoms with E-state index in [0.717, 1.165) is 17.3 Å². The Morgan fingerprint density at radius 3 is 2.71 bits per heavy atom. The van der Waals surface area contributed by atoms with Gasteiger partial charge in [0.2, 0.25) is 0 Å². The lowest BCUT2D eigenvalue weighted by Gasteiger charge is -2.63. The molecular formula is C27H36BrFO6. The number of allylic oxidation sites excluding steroid dienone is 4. The lowest BCUT2D eigenvalue weighted by Crippen LogP contribution is -2.72. The standard InChI is InChI=1S/C27H36BrFO6/c1-16-12-20-19-7-6-17-13-18(30)8-10-23(17,2)26(19,29)21(31)14-24(20,3)27(16)22(32)15-34-25(33-4,35-27)9-5-11-28/h8,10,13,16,19-21,31H,5-7,9,11-12,14-15H2,1-4H3/t16-,19?,20?,21-,23-,24-,25?,26-,27-/m0/s1. The molecule has 0 aromatic carbocycles. The maximum Gasteiger partial charge on any atom is 0.284 e. The highest BCUT2D eigenvalue weighted by Gasteiger charge is 2.78. The average molecular weight is 555 g/mol. The van der Waals surface area contributed by atoms with Gasteiger partial charge in [-0.15, -0.1) is 0 Å². The highest BCUT2D eigenvalue weighted by molar-refractivity contribution is 9.09. The Morgan fingerprint density at radius 2 is 2.03 bits per heavy atom. The Morgan fingerprint density at radius 1 is 1.29 bits per heavy atom. The molecule has 4 fully saturated rings. The number of Topliss-reactive ketones (excluding diaryl/α,β-unsaturated/α-hetero) is 1. The molecule has 4 aliphatic carbocycles. The van der Waals surface area contributed by atoms with E-state index >= 15 is 4.39 Å². The normalized spacial score (nSPS) is 51.1. The summed E-state index contributed by atoms with van der Waals surface area (Å²) in [5.41, 5.74) is -4.28. The zero-order valence-electron chi connectivity index (χ0n) is 20.9. The smallest absolute Gasteiger partial charge is 0.284 e. The van der Waals surface area contributed by atoms with Gasteiger partial charge in [0.25, 0.3) is 5.97 Å². The van der Waals surface area contributed by atoms with Crippen LogP contribution in [0.15, 0.2) is 23.8 Å². The number of alkyl halides is 2. The van der Waals surface area contributed by atoms with Gasteiger partial charge in [0.15, 0.2) is 17.2 Å². The molecule has 35 heavy (non-hydrogen) atoms. The fraction of sp³-hybridized carbons (Fsp3) is 0.778. The Bertz CT molecular complexity index is 998. The van der Waals surface area contributed by atoms with Crippen LogP contribution in [0.2, 0.25) is 0 Å². The Balaban J connectivity index is 1.59. The van der Waals surface area contributed by atoms with Crippen LogP contribution in [0.1, 0.15) is 59.3 Å². The summed E-state index contributed by atoms with van der Waals surface area (Å²) in [7, 11) is 1.52. The molecule has 9 atom stereocenters. The molecule has 1 heterocycles. The van der Waals surface area contributed by atoms with Crippen LogP contribution in [-0.4, -0.2) is 59.1 Å². The summed E-state index contributed by atoms with van der Waals surface area (Å²) >= 11 is 3.44. The molecule has 0 radical (unpaired) electrons. The van der Waals surface area contributed by atoms with Crippen molar-refractivity contribution < 1.29 is 33.3 Å². The molecule has 1 N–H and O–H groups in total. The molecule has 0 aromatic heterocycles. The number of methoxy groups -OCH3 is 1. The number of carbonyl (C=O) groups excluding carboxylic acids is 2. The largest absolute Gasteiger partial charge is 0.390 e. The summed E-state index contributed by atoms with van der Waals surface area (Å²) in [4.78, 5) is 25.7. The SMILES string of the molecule is COC1(CCCBr)OCC(=O)[C@@]2(O1)[C@@H](C)CC1C3CCC4=CC(=O)C=C[C@]4(C)[C@@]3(F)[C@@H](O)C[C@@]12C. The minimum Gasteiger partial charge on any atom is -0.390 e. The minimum absolute atomic E-state index is 0.0869. The Kier molecular flexibility index (Phi) is 6.09. The van der Waals surface area contributed by atoms with Gasteiger partial charge in [0.05, 0.1) is 6.10 Å². The number of aliphatic hydroxyl groups excluding tert-OH is 1. The van der Waals surface area contributed by atoms with Gasteiger partial charge < -0.3 is 19.3 Å². The van der Waals surface area contributed by atoms with Gasteiger partial charge in [-0.25, -0.2) is 4.39 Å². The first-order valence-electron chi connectivity index (χ1n) is 12.7. The molecule has 0 bridgehead atoms. The van der Waals surface area contributed by atoms with E-state index in [9.17, 15) is 14.7 Å². The van der Waals surface area contributed by atoms with Gasteiger partial charge in [-0.3, -0.25) is 9.59 Å². The summed E-state index contributed by atoms with van der Waals surface area (Å²) in [5.74, 6) is -2.51. The van der Waals surface area contributed by atoms with Crippen molar-refractivity contribution in [1.29, 1.82) is 0 Å². The Labute approximate surface area is 214 Å². The van der Waals surface area contributed by atoms with Crippen molar-refractivity contribution in [2.24, 2.45) is 28.6 Å². The molecule has 3 saturated carbocycles. The molecule has 5 aliphatic rings. The maximum absolute atomic E-state index is 17.4. The lowest BCUT2D eigenvalue weighted by atomic mass is 9.44. The first-order valence-corrected chi connectivity index (χ1v) is 13.9. The molecule has 1 aliphatic heterocycles. The topological polar surface area (TPSA) is 82.1 Å². The minimum atomic E-state index is -1.94. The average Bonchev–Trinajstić information content (AvgIpc) is 3.03. The summed E-state index contributed by atoms with van der Waals surface area (Å²) in [6.45, 7) is 5.66. The summed E-state index contributed by atoms with van der Waals surface area (Å²) in [5, 5.41) is 12.3. The van der Waals surface area contributed by atoms with E-state index in [1.165, 1.54) is 13.2 Å². The quantitative estimate of drug-likeness (QED) is 0.517. The number of hydrogen-bond acceptors (Lipinski definition) is 6. The molecular weight excluding hydrogens is 519 g/mol. The van der Waals surface area contributed by atoms with Crippen LogP contribution < -0.4 is 0 Å². The third-order valence-corrected chi connectivity index (χ3v) is 10.8. The van der Waals surface area contributed by atoms with Crippen LogP contribution >= 0.6 is 15.9 Å². The predicted molar refractivity (Wildman–Crippen MR) is 130 cm³/mol. The van der Waals surface area contributed by atoms with Gasteiger partial charge in [-0.1, -0.05) is 41.4 Å². The molecule has 1 spiro atoms. The molecule has 5 rings (SSSR count). The van der Waals surface area contributed by atoms with Crippen molar-refractivity contribution >= 4 is 27.5 Å². The number of rotatable bonds is 4. The van der Waals surface area contributed by atoms with E-state index in [-0.39, 0.29) is 36.4 Å². The summed E-state index contributed by atoms with van der Waals surface area (Å²) < 4.78 is 35.6. The Hall–Kier alpha value is -0.930. The fourth-order valence-corrected chi connectivity index (χ4v) is 8.85. The zero-order chi connectivity index (χ0) is 25.4. The molecule has 1 saturated heterocycles. The predicted octanol–water partition coefficient (Wildman–Crippen LogP) is 4.43. The highest BCUT2D eigenvalue weighted by atomic mass is 79.9. The third kappa shape index (κ3) is 3.13. The lowest BCUT2D eigenvalue weighted by molar-refractivity contribution is -0.431. The van der Waals surface area contributed by atoms with E-state index < -0.39 is 40.1 Å². The van der Waals surface area contributed by atoms with Crippen molar-refractivity contribution in [1.82, 2.24) is 0 Å². The van der Waals surface area contributed by atoms with Gasteiger partial charge in [-0.2, -0.15) is 0 Å². The highest BCUT2D eigenvalue weighted by Crippen LogP contribution is 2.72. The summed E-state index contributed by atoms with van der Waals surface area (Å²) in [6, 6.07) is 0. The van der Waals surface area contributed by atoms with E-state index in [1.807, 2.05) is 13.8 Å². The second kappa shape index (κ2) is 8.29. The van der Waals surface area contributed by atoms with Crippen molar-refractivity contribution in [3.05, 3.63) is 23.8 Å². The first kappa shape index (κ1) is 25.7. The van der Waals surface area contributed by atoms with Crippen molar-refractivity contribution in [2.75, 3.05) is 19.0 Å². The van der Waals surface area contributed by atoms with E-state index in [4.69, 9.17) is 14.2 Å². The van der Waals surface area contributed by atoms with Gasteiger partial charge in [0, 0.05) is 35.6 Å². The number of halogens is 2. The molecule has 3 unspecified atom stereocenters. The van der Waals surface area contributed by atoms with E-state index in [0.29, 0.717) is 25.7 Å². The molecule has 8 heteroatoms. The number of ether oxygens (including phenoxy) is 3. The van der Waals surface area contributed by atoms with Gasteiger partial charge in [0.1, 0.15) is 12.2 Å².